The molecule has 0 spiro atoms. The minimum atomic E-state index is -0.498. The molecule has 3 aromatic carbocycles. The third-order valence-corrected chi connectivity index (χ3v) is 6.35. The number of unbranched alkanes of at least 4 members (excludes halogenated alkanes) is 1. The average Bonchev–Trinajstić information content (AvgIpc) is 2.89. The van der Waals surface area contributed by atoms with Crippen molar-refractivity contribution in [2.75, 3.05) is 6.54 Å². The first-order valence-corrected chi connectivity index (χ1v) is 12.1. The summed E-state index contributed by atoms with van der Waals surface area (Å²) in [5, 5.41) is 0.521. The fraction of sp³-hybridized carbons (Fsp3) is 0.276. The quantitative estimate of drug-likeness (QED) is 0.312. The minimum Gasteiger partial charge on any atom is -0.329 e. The van der Waals surface area contributed by atoms with Gasteiger partial charge in [0.25, 0.3) is 11.5 Å². The summed E-state index contributed by atoms with van der Waals surface area (Å²) in [5.74, 6) is -0.124. The number of amides is 1. The zero-order valence-electron chi connectivity index (χ0n) is 20.4. The predicted molar refractivity (Wildman–Crippen MR) is 137 cm³/mol. The number of halogens is 1. The topological polar surface area (TPSA) is 55.2 Å². The van der Waals surface area contributed by atoms with E-state index >= 15 is 0 Å². The zero-order chi connectivity index (χ0) is 24.9. The number of hydrogen-bond acceptors (Lipinski definition) is 3. The average molecular weight is 472 g/mol. The van der Waals surface area contributed by atoms with Crippen molar-refractivity contribution >= 4 is 16.8 Å². The maximum absolute atomic E-state index is 13.7. The van der Waals surface area contributed by atoms with Gasteiger partial charge in [-0.3, -0.25) is 14.2 Å². The van der Waals surface area contributed by atoms with Crippen molar-refractivity contribution in [3.63, 3.8) is 0 Å². The molecular weight excluding hydrogens is 441 g/mol. The van der Waals surface area contributed by atoms with Gasteiger partial charge in [0.05, 0.1) is 22.6 Å². The van der Waals surface area contributed by atoms with E-state index in [1.165, 1.54) is 29.8 Å². The van der Waals surface area contributed by atoms with Gasteiger partial charge >= 0.3 is 0 Å². The number of carbonyl (C=O) groups excluding carboxylic acids is 1. The van der Waals surface area contributed by atoms with Gasteiger partial charge in [0.2, 0.25) is 0 Å². The molecule has 0 bridgehead atoms. The van der Waals surface area contributed by atoms with Gasteiger partial charge in [-0.05, 0) is 73.9 Å². The van der Waals surface area contributed by atoms with Crippen molar-refractivity contribution < 1.29 is 9.18 Å². The van der Waals surface area contributed by atoms with Crippen molar-refractivity contribution in [1.82, 2.24) is 14.5 Å². The van der Waals surface area contributed by atoms with Gasteiger partial charge < -0.3 is 4.90 Å². The van der Waals surface area contributed by atoms with Crippen LogP contribution in [-0.4, -0.2) is 26.9 Å². The molecule has 1 atom stereocenters. The van der Waals surface area contributed by atoms with E-state index in [0.717, 1.165) is 19.3 Å². The Balaban J connectivity index is 1.88. The lowest BCUT2D eigenvalue weighted by Crippen LogP contribution is -2.38. The Labute approximate surface area is 204 Å². The number of hydrogen-bond donors (Lipinski definition) is 0. The van der Waals surface area contributed by atoms with Crippen LogP contribution >= 0.6 is 0 Å². The van der Waals surface area contributed by atoms with E-state index < -0.39 is 11.9 Å². The van der Waals surface area contributed by atoms with Crippen molar-refractivity contribution in [2.45, 2.75) is 46.1 Å². The predicted octanol–water partition coefficient (Wildman–Crippen LogP) is 6.09. The lowest BCUT2D eigenvalue weighted by Gasteiger charge is -2.30. The number of para-hydroxylation sites is 1. The highest BCUT2D eigenvalue weighted by Crippen LogP contribution is 2.25. The summed E-state index contributed by atoms with van der Waals surface area (Å²) < 4.78 is 15.1. The molecule has 6 heteroatoms. The number of nitrogens with zero attached hydrogens (tertiary/aromatic N) is 3. The standard InChI is InChI=1S/C29H30FN3O2/c1-4-6-19-32(28(34)22-13-15-23(30)16-14-22)20(3)27-31-26-10-8-7-9-25(26)29(35)33(27)24-17-11-21(5-2)12-18-24/h7-18,20H,4-6,19H2,1-3H3. The molecule has 0 saturated heterocycles. The van der Waals surface area contributed by atoms with Crippen LogP contribution in [0.2, 0.25) is 0 Å². The molecule has 1 heterocycles. The molecule has 0 N–H and O–H groups in total. The van der Waals surface area contributed by atoms with Gasteiger partial charge in [-0.15, -0.1) is 0 Å². The Morgan fingerprint density at radius 3 is 2.34 bits per heavy atom. The fourth-order valence-corrected chi connectivity index (χ4v) is 4.26. The molecule has 1 amide bonds. The van der Waals surface area contributed by atoms with E-state index in [-0.39, 0.29) is 11.5 Å². The highest BCUT2D eigenvalue weighted by Gasteiger charge is 2.27. The van der Waals surface area contributed by atoms with Crippen LogP contribution in [0.3, 0.4) is 0 Å². The van der Waals surface area contributed by atoms with Gasteiger partial charge in [-0.1, -0.05) is 44.5 Å². The van der Waals surface area contributed by atoms with E-state index in [1.54, 1.807) is 15.5 Å². The third kappa shape index (κ3) is 5.02. The third-order valence-electron chi connectivity index (χ3n) is 6.35. The second kappa shape index (κ2) is 10.6. The molecule has 0 aliphatic rings. The van der Waals surface area contributed by atoms with Crippen molar-refractivity contribution in [3.8, 4) is 5.69 Å². The monoisotopic (exact) mass is 471 g/mol. The molecule has 5 nitrogen and oxygen atoms in total. The molecule has 0 saturated carbocycles. The smallest absolute Gasteiger partial charge is 0.266 e. The van der Waals surface area contributed by atoms with Crippen LogP contribution in [0, 0.1) is 5.82 Å². The van der Waals surface area contributed by atoms with Gasteiger partial charge in [-0.2, -0.15) is 0 Å². The first kappa shape index (κ1) is 24.3. The van der Waals surface area contributed by atoms with E-state index in [0.29, 0.717) is 34.5 Å². The van der Waals surface area contributed by atoms with Crippen LogP contribution in [0.15, 0.2) is 77.6 Å². The first-order chi connectivity index (χ1) is 16.9. The Morgan fingerprint density at radius 2 is 1.69 bits per heavy atom. The molecule has 1 unspecified atom stereocenters. The van der Waals surface area contributed by atoms with Crippen molar-refractivity contribution in [2.24, 2.45) is 0 Å². The van der Waals surface area contributed by atoms with Gasteiger partial charge in [-0.25, -0.2) is 9.37 Å². The number of fused-ring (bicyclic) bond motifs is 1. The van der Waals surface area contributed by atoms with Crippen LogP contribution in [0.25, 0.3) is 16.6 Å². The summed E-state index contributed by atoms with van der Waals surface area (Å²) in [7, 11) is 0. The molecule has 0 fully saturated rings. The minimum absolute atomic E-state index is 0.175. The molecule has 0 aliphatic heterocycles. The summed E-state index contributed by atoms with van der Waals surface area (Å²) in [6.07, 6.45) is 2.59. The SMILES string of the molecule is CCCCN(C(=O)c1ccc(F)cc1)C(C)c1nc2ccccc2c(=O)n1-c1ccc(CC)cc1. The fourth-order valence-electron chi connectivity index (χ4n) is 4.26. The molecule has 0 aliphatic carbocycles. The maximum Gasteiger partial charge on any atom is 0.266 e. The van der Waals surface area contributed by atoms with E-state index in [1.807, 2.05) is 49.4 Å². The van der Waals surface area contributed by atoms with E-state index in [4.69, 9.17) is 4.98 Å². The largest absolute Gasteiger partial charge is 0.329 e. The Hall–Kier alpha value is -3.80. The van der Waals surface area contributed by atoms with Crippen molar-refractivity contribution in [3.05, 3.63) is 106 Å². The highest BCUT2D eigenvalue weighted by atomic mass is 19.1. The van der Waals surface area contributed by atoms with Gasteiger partial charge in [0.15, 0.2) is 0 Å². The molecular formula is C29H30FN3O2. The Morgan fingerprint density at radius 1 is 1.00 bits per heavy atom. The summed E-state index contributed by atoms with van der Waals surface area (Å²) in [6, 6.07) is 20.2. The Kier molecular flexibility index (Phi) is 7.39. The second-order valence-electron chi connectivity index (χ2n) is 8.68. The zero-order valence-corrected chi connectivity index (χ0v) is 20.4. The number of carbonyl (C=O) groups is 1. The molecule has 1 aromatic heterocycles. The maximum atomic E-state index is 13.7. The summed E-state index contributed by atoms with van der Waals surface area (Å²) in [4.78, 5) is 33.9. The number of rotatable bonds is 8. The van der Waals surface area contributed by atoms with Crippen molar-refractivity contribution in [1.29, 1.82) is 0 Å². The van der Waals surface area contributed by atoms with Gasteiger partial charge in [0, 0.05) is 12.1 Å². The highest BCUT2D eigenvalue weighted by molar-refractivity contribution is 5.94. The summed E-state index contributed by atoms with van der Waals surface area (Å²) in [5.41, 5.74) is 2.69. The number of aromatic nitrogens is 2. The molecule has 4 rings (SSSR count). The normalized spacial score (nSPS) is 12.0. The lowest BCUT2D eigenvalue weighted by molar-refractivity contribution is 0.0678. The summed E-state index contributed by atoms with van der Waals surface area (Å²) in [6.45, 7) is 6.53. The molecule has 35 heavy (non-hydrogen) atoms. The number of aryl methyl sites for hydroxylation is 1. The van der Waals surface area contributed by atoms with Crippen LogP contribution in [-0.2, 0) is 6.42 Å². The molecule has 180 valence electrons. The summed E-state index contributed by atoms with van der Waals surface area (Å²) >= 11 is 0. The van der Waals surface area contributed by atoms with Crippen LogP contribution in [0.1, 0.15) is 61.4 Å². The first-order valence-electron chi connectivity index (χ1n) is 12.1. The molecule has 0 radical (unpaired) electrons. The Bertz CT molecular complexity index is 1380. The molecule has 4 aromatic rings. The van der Waals surface area contributed by atoms with Crippen LogP contribution in [0.4, 0.5) is 4.39 Å². The van der Waals surface area contributed by atoms with Crippen LogP contribution in [0.5, 0.6) is 0 Å². The second-order valence-corrected chi connectivity index (χ2v) is 8.68. The van der Waals surface area contributed by atoms with E-state index in [2.05, 4.69) is 13.8 Å². The number of benzene rings is 3. The lowest BCUT2D eigenvalue weighted by atomic mass is 10.1. The van der Waals surface area contributed by atoms with Gasteiger partial charge in [0.1, 0.15) is 11.6 Å². The van der Waals surface area contributed by atoms with Crippen LogP contribution < -0.4 is 5.56 Å². The van der Waals surface area contributed by atoms with E-state index in [9.17, 15) is 14.0 Å².